The van der Waals surface area contributed by atoms with Gasteiger partial charge in [0.15, 0.2) is 0 Å². The van der Waals surface area contributed by atoms with Crippen molar-refractivity contribution in [3.63, 3.8) is 0 Å². The van der Waals surface area contributed by atoms with Crippen LogP contribution in [0.4, 0.5) is 4.39 Å². The highest BCUT2D eigenvalue weighted by atomic mass is 19.1. The van der Waals surface area contributed by atoms with Crippen LogP contribution in [-0.2, 0) is 9.53 Å². The minimum absolute atomic E-state index is 0.0293. The van der Waals surface area contributed by atoms with Crippen LogP contribution in [-0.4, -0.2) is 35.5 Å². The highest BCUT2D eigenvalue weighted by molar-refractivity contribution is 5.78. The van der Waals surface area contributed by atoms with Crippen molar-refractivity contribution in [2.45, 2.75) is 45.8 Å². The Morgan fingerprint density at radius 2 is 1.86 bits per heavy atom. The summed E-state index contributed by atoms with van der Waals surface area (Å²) in [4.78, 5) is 11.2. The molecule has 0 aromatic heterocycles. The van der Waals surface area contributed by atoms with Crippen LogP contribution in [0.5, 0.6) is 0 Å². The van der Waals surface area contributed by atoms with E-state index in [9.17, 15) is 19.4 Å². The molecule has 0 fully saturated rings. The van der Waals surface area contributed by atoms with Crippen molar-refractivity contribution in [3.05, 3.63) is 64.5 Å². The van der Waals surface area contributed by atoms with Crippen LogP contribution in [0.15, 0.2) is 36.4 Å². The number of ether oxygens (including phenoxy) is 1. The number of hydrogen-bond acceptors (Lipinski definition) is 4. The van der Waals surface area contributed by atoms with Crippen LogP contribution < -0.4 is 0 Å². The van der Waals surface area contributed by atoms with Crippen molar-refractivity contribution in [2.24, 2.45) is 0 Å². The molecule has 150 valence electrons. The number of benzene rings is 2. The Bertz CT molecular complexity index is 873. The van der Waals surface area contributed by atoms with E-state index in [1.54, 1.807) is 31.2 Å². The lowest BCUT2D eigenvalue weighted by atomic mass is 9.92. The van der Waals surface area contributed by atoms with E-state index >= 15 is 0 Å². The number of carbonyl (C=O) groups excluding carboxylic acids is 1. The van der Waals surface area contributed by atoms with E-state index in [4.69, 9.17) is 0 Å². The first-order chi connectivity index (χ1) is 13.2. The van der Waals surface area contributed by atoms with Gasteiger partial charge in [-0.3, -0.25) is 4.79 Å². The molecular formula is C23H27FO4. The first-order valence-corrected chi connectivity index (χ1v) is 9.20. The number of methoxy groups -OCH3 is 1. The van der Waals surface area contributed by atoms with E-state index in [2.05, 4.69) is 4.74 Å². The topological polar surface area (TPSA) is 66.8 Å². The van der Waals surface area contributed by atoms with Crippen LogP contribution in [0, 0.1) is 26.6 Å². The maximum Gasteiger partial charge on any atom is 0.308 e. The Morgan fingerprint density at radius 1 is 1.14 bits per heavy atom. The molecule has 0 bridgehead atoms. The smallest absolute Gasteiger partial charge is 0.308 e. The Kier molecular flexibility index (Phi) is 7.49. The van der Waals surface area contributed by atoms with Gasteiger partial charge in [0.05, 0.1) is 25.7 Å². The van der Waals surface area contributed by atoms with Crippen molar-refractivity contribution in [3.8, 4) is 11.1 Å². The molecule has 2 aromatic rings. The predicted octanol–water partition coefficient (Wildman–Crippen LogP) is 4.11. The maximum atomic E-state index is 13.7. The molecule has 0 aliphatic heterocycles. The van der Waals surface area contributed by atoms with Gasteiger partial charge in [-0.15, -0.1) is 0 Å². The first-order valence-electron chi connectivity index (χ1n) is 9.20. The third-order valence-corrected chi connectivity index (χ3v) is 4.63. The Labute approximate surface area is 165 Å². The summed E-state index contributed by atoms with van der Waals surface area (Å²) in [5.41, 5.74) is 5.43. The van der Waals surface area contributed by atoms with Crippen molar-refractivity contribution in [2.75, 3.05) is 7.11 Å². The first kappa shape index (κ1) is 21.8. The zero-order chi connectivity index (χ0) is 20.8. The molecule has 4 nitrogen and oxygen atoms in total. The number of halogens is 1. The Hall–Kier alpha value is -2.50. The third kappa shape index (κ3) is 5.75. The van der Waals surface area contributed by atoms with Gasteiger partial charge < -0.3 is 14.9 Å². The summed E-state index contributed by atoms with van der Waals surface area (Å²) in [7, 11) is 1.25. The summed E-state index contributed by atoms with van der Waals surface area (Å²) < 4.78 is 18.2. The average molecular weight is 386 g/mol. The number of aryl methyl sites for hydroxylation is 3. The molecule has 0 aliphatic rings. The fourth-order valence-electron chi connectivity index (χ4n) is 3.17. The monoisotopic (exact) mass is 386 g/mol. The van der Waals surface area contributed by atoms with Crippen LogP contribution in [0.2, 0.25) is 0 Å². The van der Waals surface area contributed by atoms with E-state index in [1.165, 1.54) is 13.2 Å². The van der Waals surface area contributed by atoms with Crippen molar-refractivity contribution < 1.29 is 24.1 Å². The van der Waals surface area contributed by atoms with Crippen LogP contribution in [0.3, 0.4) is 0 Å². The maximum absolute atomic E-state index is 13.7. The second kappa shape index (κ2) is 9.62. The molecule has 0 aliphatic carbocycles. The molecule has 0 heterocycles. The van der Waals surface area contributed by atoms with Crippen LogP contribution >= 0.6 is 0 Å². The lowest BCUT2D eigenvalue weighted by Gasteiger charge is -2.14. The van der Waals surface area contributed by atoms with Gasteiger partial charge in [-0.05, 0) is 60.7 Å². The molecule has 0 amide bonds. The summed E-state index contributed by atoms with van der Waals surface area (Å²) in [5.74, 6) is -0.771. The van der Waals surface area contributed by atoms with E-state index in [-0.39, 0.29) is 18.7 Å². The lowest BCUT2D eigenvalue weighted by Crippen LogP contribution is -2.20. The molecule has 28 heavy (non-hydrogen) atoms. The van der Waals surface area contributed by atoms with Gasteiger partial charge in [-0.2, -0.15) is 0 Å². The third-order valence-electron chi connectivity index (χ3n) is 4.63. The molecule has 2 aromatic carbocycles. The second-order valence-corrected chi connectivity index (χ2v) is 7.10. The highest BCUT2D eigenvalue weighted by Crippen LogP contribution is 2.30. The summed E-state index contributed by atoms with van der Waals surface area (Å²) >= 11 is 0. The molecule has 0 saturated carbocycles. The molecule has 2 N–H and O–H groups in total. The van der Waals surface area contributed by atoms with Gasteiger partial charge in [0.25, 0.3) is 0 Å². The fourth-order valence-corrected chi connectivity index (χ4v) is 3.17. The van der Waals surface area contributed by atoms with Crippen molar-refractivity contribution >= 4 is 12.0 Å². The summed E-state index contributed by atoms with van der Waals surface area (Å²) in [6, 6.07) is 9.06. The molecule has 0 saturated heterocycles. The second-order valence-electron chi connectivity index (χ2n) is 7.10. The van der Waals surface area contributed by atoms with Crippen LogP contribution in [0.25, 0.3) is 17.2 Å². The van der Waals surface area contributed by atoms with Crippen LogP contribution in [0.1, 0.15) is 35.1 Å². The number of carbonyl (C=O) groups is 1. The molecular weight excluding hydrogens is 359 g/mol. The van der Waals surface area contributed by atoms with E-state index in [1.807, 2.05) is 26.0 Å². The minimum atomic E-state index is -0.981. The molecule has 0 spiro atoms. The SMILES string of the molecule is COC(=O)C[C@@H](O)C[C@H](O)/C=C/c1c(C)cc(C)cc1-c1ccc(F)c(C)c1. The predicted molar refractivity (Wildman–Crippen MR) is 108 cm³/mol. The molecule has 2 atom stereocenters. The molecule has 0 radical (unpaired) electrons. The summed E-state index contributed by atoms with van der Waals surface area (Å²) in [6.07, 6.45) is 1.37. The van der Waals surface area contributed by atoms with E-state index < -0.39 is 18.2 Å². The fraction of sp³-hybridized carbons (Fsp3) is 0.348. The normalized spacial score (nSPS) is 13.5. The van der Waals surface area contributed by atoms with Gasteiger partial charge in [-0.25, -0.2) is 4.39 Å². The highest BCUT2D eigenvalue weighted by Gasteiger charge is 2.15. The zero-order valence-corrected chi connectivity index (χ0v) is 16.7. The van der Waals surface area contributed by atoms with E-state index in [0.29, 0.717) is 5.56 Å². The number of esters is 1. The lowest BCUT2D eigenvalue weighted by molar-refractivity contribution is -0.143. The Morgan fingerprint density at radius 3 is 2.50 bits per heavy atom. The van der Waals surface area contributed by atoms with Gasteiger partial charge >= 0.3 is 5.97 Å². The van der Waals surface area contributed by atoms with Gasteiger partial charge in [0.1, 0.15) is 5.82 Å². The molecule has 0 unspecified atom stereocenters. The Balaban J connectivity index is 2.28. The molecule has 5 heteroatoms. The number of rotatable bonds is 7. The van der Waals surface area contributed by atoms with Gasteiger partial charge in [-0.1, -0.05) is 35.9 Å². The standard InChI is InChI=1S/C23H27FO4/c1-14-9-15(2)20(7-6-18(25)12-19(26)13-23(27)28-4)21(10-14)17-5-8-22(24)16(3)11-17/h5-11,18-19,25-26H,12-13H2,1-4H3/b7-6+/t18-,19+/m1/s1. The number of aliphatic hydroxyl groups excluding tert-OH is 2. The van der Waals surface area contributed by atoms with Gasteiger partial charge in [0.2, 0.25) is 0 Å². The van der Waals surface area contributed by atoms with Crippen molar-refractivity contribution in [1.29, 1.82) is 0 Å². The summed E-state index contributed by atoms with van der Waals surface area (Å²) in [6.45, 7) is 5.70. The quantitative estimate of drug-likeness (QED) is 0.703. The number of aliphatic hydroxyl groups is 2. The summed E-state index contributed by atoms with van der Waals surface area (Å²) in [5, 5.41) is 20.1. The zero-order valence-electron chi connectivity index (χ0n) is 16.7. The minimum Gasteiger partial charge on any atom is -0.469 e. The average Bonchev–Trinajstić information content (AvgIpc) is 2.62. The van der Waals surface area contributed by atoms with Crippen molar-refractivity contribution in [1.82, 2.24) is 0 Å². The molecule has 2 rings (SSSR count). The van der Waals surface area contributed by atoms with E-state index in [0.717, 1.165) is 27.8 Å². The largest absolute Gasteiger partial charge is 0.469 e. The number of hydrogen-bond donors (Lipinski definition) is 2. The van der Waals surface area contributed by atoms with Gasteiger partial charge in [0, 0.05) is 6.42 Å².